The van der Waals surface area contributed by atoms with E-state index in [9.17, 15) is 19.2 Å². The van der Waals surface area contributed by atoms with Crippen LogP contribution in [0.3, 0.4) is 0 Å². The lowest BCUT2D eigenvalue weighted by molar-refractivity contribution is -0.144. The largest absolute Gasteiger partial charge is 0.463 e. The fraction of sp³-hybridized carbons (Fsp3) is 0.429. The van der Waals surface area contributed by atoms with Gasteiger partial charge in [0.15, 0.2) is 6.61 Å². The first-order chi connectivity index (χ1) is 14.7. The van der Waals surface area contributed by atoms with Gasteiger partial charge in [0.2, 0.25) is 0 Å². The van der Waals surface area contributed by atoms with Gasteiger partial charge in [-0.15, -0.1) is 11.8 Å². The van der Waals surface area contributed by atoms with Crippen molar-refractivity contribution in [2.24, 2.45) is 0 Å². The third-order valence-corrected chi connectivity index (χ3v) is 5.42. The van der Waals surface area contributed by atoms with Gasteiger partial charge in [-0.25, -0.2) is 9.59 Å². The third kappa shape index (κ3) is 7.32. The highest BCUT2D eigenvalue weighted by Gasteiger charge is 2.29. The predicted molar refractivity (Wildman–Crippen MR) is 118 cm³/mol. The number of thioether (sulfide) groups is 1. The Morgan fingerprint density at radius 1 is 1.16 bits per heavy atom. The summed E-state index contributed by atoms with van der Waals surface area (Å²) in [6.07, 6.45) is 0. The van der Waals surface area contributed by atoms with Gasteiger partial charge in [-0.1, -0.05) is 6.07 Å². The SMILES string of the molecule is CCOC(=O)C1=C(CSCC(=O)OCC(=O)Nc2ccc(C)c(C)c2)NC(=O)N[C@@H]1C. The Balaban J connectivity index is 1.82. The van der Waals surface area contributed by atoms with Crippen LogP contribution >= 0.6 is 11.8 Å². The molecule has 0 saturated heterocycles. The molecule has 0 aromatic heterocycles. The van der Waals surface area contributed by atoms with Crippen molar-refractivity contribution >= 4 is 41.3 Å². The van der Waals surface area contributed by atoms with Gasteiger partial charge in [0, 0.05) is 17.1 Å². The fourth-order valence-corrected chi connectivity index (χ4v) is 3.62. The fourth-order valence-electron chi connectivity index (χ4n) is 2.83. The first kappa shape index (κ1) is 24.3. The van der Waals surface area contributed by atoms with E-state index in [-0.39, 0.29) is 18.1 Å². The second-order valence-corrected chi connectivity index (χ2v) is 7.92. The summed E-state index contributed by atoms with van der Waals surface area (Å²) in [5.41, 5.74) is 3.49. The highest BCUT2D eigenvalue weighted by atomic mass is 32.2. The molecular formula is C21H27N3O6S. The molecule has 1 aliphatic rings. The van der Waals surface area contributed by atoms with Gasteiger partial charge in [-0.3, -0.25) is 9.59 Å². The number of amides is 3. The Bertz CT molecular complexity index is 899. The van der Waals surface area contributed by atoms with Crippen LogP contribution in [0.2, 0.25) is 0 Å². The van der Waals surface area contributed by atoms with Crippen molar-refractivity contribution in [2.75, 3.05) is 30.0 Å². The number of aryl methyl sites for hydroxylation is 2. The van der Waals surface area contributed by atoms with Crippen molar-refractivity contribution in [3.63, 3.8) is 0 Å². The molecule has 168 valence electrons. The van der Waals surface area contributed by atoms with Crippen LogP contribution in [0.15, 0.2) is 29.5 Å². The molecule has 9 nitrogen and oxygen atoms in total. The van der Waals surface area contributed by atoms with Gasteiger partial charge >= 0.3 is 18.0 Å². The minimum absolute atomic E-state index is 0.0474. The summed E-state index contributed by atoms with van der Waals surface area (Å²) in [5.74, 6) is -1.38. The molecule has 0 fully saturated rings. The zero-order chi connectivity index (χ0) is 23.0. The van der Waals surface area contributed by atoms with Crippen molar-refractivity contribution in [3.05, 3.63) is 40.6 Å². The minimum Gasteiger partial charge on any atom is -0.463 e. The molecule has 31 heavy (non-hydrogen) atoms. The average Bonchev–Trinajstić information content (AvgIpc) is 2.69. The van der Waals surface area contributed by atoms with Gasteiger partial charge in [-0.2, -0.15) is 0 Å². The first-order valence-corrected chi connectivity index (χ1v) is 10.9. The molecule has 1 atom stereocenters. The summed E-state index contributed by atoms with van der Waals surface area (Å²) in [5, 5.41) is 7.87. The molecule has 0 bridgehead atoms. The molecule has 1 aromatic rings. The standard InChI is InChI=1S/C21H27N3O6S/c1-5-29-20(27)19-14(4)22-21(28)24-16(19)10-31-11-18(26)30-9-17(25)23-15-7-6-12(2)13(3)8-15/h6-8,14H,5,9-11H2,1-4H3,(H,23,25)(H2,22,24,28)/t14-/m1/s1. The van der Waals surface area contributed by atoms with E-state index in [0.29, 0.717) is 17.0 Å². The van der Waals surface area contributed by atoms with Crippen molar-refractivity contribution in [1.29, 1.82) is 0 Å². The number of hydrogen-bond acceptors (Lipinski definition) is 7. The van der Waals surface area contributed by atoms with E-state index >= 15 is 0 Å². The molecule has 0 radical (unpaired) electrons. The number of ether oxygens (including phenoxy) is 2. The molecule has 3 amide bonds. The summed E-state index contributed by atoms with van der Waals surface area (Å²) in [6, 6.07) is 4.58. The molecule has 0 aliphatic carbocycles. The minimum atomic E-state index is -0.577. The lowest BCUT2D eigenvalue weighted by atomic mass is 10.1. The van der Waals surface area contributed by atoms with Crippen molar-refractivity contribution < 1.29 is 28.7 Å². The van der Waals surface area contributed by atoms with E-state index < -0.39 is 36.5 Å². The molecule has 1 aromatic carbocycles. The quantitative estimate of drug-likeness (QED) is 0.493. The van der Waals surface area contributed by atoms with Crippen molar-refractivity contribution in [3.8, 4) is 0 Å². The molecule has 1 heterocycles. The highest BCUT2D eigenvalue weighted by Crippen LogP contribution is 2.18. The molecule has 0 saturated carbocycles. The number of hydrogen-bond donors (Lipinski definition) is 3. The first-order valence-electron chi connectivity index (χ1n) is 9.79. The number of rotatable bonds is 9. The predicted octanol–water partition coefficient (Wildman–Crippen LogP) is 2.04. The zero-order valence-corrected chi connectivity index (χ0v) is 18.8. The number of anilines is 1. The van der Waals surface area contributed by atoms with Gasteiger partial charge in [-0.05, 0) is 51.0 Å². The van der Waals surface area contributed by atoms with Crippen LogP contribution < -0.4 is 16.0 Å². The Hall–Kier alpha value is -3.01. The van der Waals surface area contributed by atoms with Crippen molar-refractivity contribution in [1.82, 2.24) is 10.6 Å². The molecule has 1 aliphatic heterocycles. The Morgan fingerprint density at radius 2 is 1.90 bits per heavy atom. The lowest BCUT2D eigenvalue weighted by Gasteiger charge is -2.26. The summed E-state index contributed by atoms with van der Waals surface area (Å²) in [7, 11) is 0. The van der Waals surface area contributed by atoms with E-state index in [0.717, 1.165) is 22.9 Å². The molecule has 0 unspecified atom stereocenters. The van der Waals surface area contributed by atoms with E-state index in [2.05, 4.69) is 16.0 Å². The maximum absolute atomic E-state index is 12.2. The Kier molecular flexibility index (Phi) is 8.92. The average molecular weight is 450 g/mol. The van der Waals surface area contributed by atoms with Crippen LogP contribution in [-0.4, -0.2) is 54.6 Å². The summed E-state index contributed by atoms with van der Waals surface area (Å²) < 4.78 is 10.0. The van der Waals surface area contributed by atoms with Crippen LogP contribution in [0.1, 0.15) is 25.0 Å². The maximum Gasteiger partial charge on any atom is 0.337 e. The van der Waals surface area contributed by atoms with Crippen LogP contribution in [0.5, 0.6) is 0 Å². The number of urea groups is 1. The zero-order valence-electron chi connectivity index (χ0n) is 18.0. The smallest absolute Gasteiger partial charge is 0.337 e. The second-order valence-electron chi connectivity index (χ2n) is 6.93. The van der Waals surface area contributed by atoms with Crippen LogP contribution in [-0.2, 0) is 23.9 Å². The Labute approximate surface area is 185 Å². The summed E-state index contributed by atoms with van der Waals surface area (Å²) in [4.78, 5) is 47.8. The lowest BCUT2D eigenvalue weighted by Crippen LogP contribution is -2.49. The Morgan fingerprint density at radius 3 is 2.58 bits per heavy atom. The molecular weight excluding hydrogens is 422 g/mol. The van der Waals surface area contributed by atoms with E-state index in [1.807, 2.05) is 26.0 Å². The van der Waals surface area contributed by atoms with Crippen LogP contribution in [0.4, 0.5) is 10.5 Å². The number of benzene rings is 1. The number of nitrogens with one attached hydrogen (secondary N) is 3. The molecule has 10 heteroatoms. The van der Waals surface area contributed by atoms with E-state index in [1.165, 1.54) is 0 Å². The van der Waals surface area contributed by atoms with Gasteiger partial charge < -0.3 is 25.4 Å². The summed E-state index contributed by atoms with van der Waals surface area (Å²) >= 11 is 1.16. The topological polar surface area (TPSA) is 123 Å². The second kappa shape index (κ2) is 11.4. The van der Waals surface area contributed by atoms with E-state index in [1.54, 1.807) is 19.9 Å². The van der Waals surface area contributed by atoms with E-state index in [4.69, 9.17) is 9.47 Å². The van der Waals surface area contributed by atoms with Crippen molar-refractivity contribution in [2.45, 2.75) is 33.7 Å². The van der Waals surface area contributed by atoms with Gasteiger partial charge in [0.05, 0.1) is 24.0 Å². The maximum atomic E-state index is 12.2. The number of esters is 2. The van der Waals surface area contributed by atoms with Crippen LogP contribution in [0.25, 0.3) is 0 Å². The third-order valence-electron chi connectivity index (χ3n) is 4.49. The van der Waals surface area contributed by atoms with Gasteiger partial charge in [0.25, 0.3) is 5.91 Å². The molecule has 3 N–H and O–H groups in total. The molecule has 2 rings (SSSR count). The highest BCUT2D eigenvalue weighted by molar-refractivity contribution is 8.00. The number of carbonyl (C=O) groups excluding carboxylic acids is 4. The van der Waals surface area contributed by atoms with Gasteiger partial charge in [0.1, 0.15) is 0 Å². The summed E-state index contributed by atoms with van der Waals surface area (Å²) in [6.45, 7) is 7.09. The normalized spacial score (nSPS) is 15.6. The number of carbonyl (C=O) groups is 4. The van der Waals surface area contributed by atoms with Crippen LogP contribution in [0, 0.1) is 13.8 Å². The monoisotopic (exact) mass is 449 g/mol. The molecule has 0 spiro atoms.